The highest BCUT2D eigenvalue weighted by Gasteiger charge is 2.24. The maximum absolute atomic E-state index is 9.53. The number of hydrogen-bond acceptors (Lipinski definition) is 2. The zero-order chi connectivity index (χ0) is 9.84. The highest BCUT2D eigenvalue weighted by molar-refractivity contribution is 6.18. The number of likely N-dealkylation sites (tertiary alicyclic amines) is 1. The van der Waals surface area contributed by atoms with Crippen molar-refractivity contribution in [2.24, 2.45) is 11.8 Å². The van der Waals surface area contributed by atoms with Gasteiger partial charge in [0.15, 0.2) is 0 Å². The fourth-order valence-corrected chi connectivity index (χ4v) is 1.97. The van der Waals surface area contributed by atoms with Gasteiger partial charge < -0.3 is 10.0 Å². The van der Waals surface area contributed by atoms with Crippen molar-refractivity contribution in [2.75, 3.05) is 25.5 Å². The second kappa shape index (κ2) is 5.18. The van der Waals surface area contributed by atoms with Crippen molar-refractivity contribution in [3.63, 3.8) is 0 Å². The number of nitrogens with zero attached hydrogens (tertiary/aromatic N) is 1. The molecule has 0 radical (unpaired) electrons. The van der Waals surface area contributed by atoms with Crippen LogP contribution in [0, 0.1) is 11.8 Å². The second-order valence-corrected chi connectivity index (χ2v) is 4.66. The van der Waals surface area contributed by atoms with Crippen molar-refractivity contribution in [1.29, 1.82) is 0 Å². The molecule has 1 rings (SSSR count). The standard InChI is InChI=1S/C10H20ClNO/c1-8(5-11)6-12-4-3-10(13)9(2)7-12/h8-10,13H,3-7H2,1-2H3. The minimum atomic E-state index is -0.0949. The van der Waals surface area contributed by atoms with Gasteiger partial charge in [-0.05, 0) is 18.3 Å². The first-order valence-electron chi connectivity index (χ1n) is 5.10. The van der Waals surface area contributed by atoms with Crippen LogP contribution in [-0.2, 0) is 0 Å². The molecule has 3 atom stereocenters. The summed E-state index contributed by atoms with van der Waals surface area (Å²) < 4.78 is 0. The number of halogens is 1. The normalized spacial score (nSPS) is 33.2. The van der Waals surface area contributed by atoms with E-state index in [1.165, 1.54) is 0 Å². The summed E-state index contributed by atoms with van der Waals surface area (Å²) in [6, 6.07) is 0. The van der Waals surface area contributed by atoms with Crippen LogP contribution in [0.2, 0.25) is 0 Å². The molecule has 1 saturated heterocycles. The van der Waals surface area contributed by atoms with E-state index in [0.29, 0.717) is 11.8 Å². The van der Waals surface area contributed by atoms with Gasteiger partial charge in [0.05, 0.1) is 6.10 Å². The van der Waals surface area contributed by atoms with Gasteiger partial charge in [0.2, 0.25) is 0 Å². The Hall–Kier alpha value is 0.210. The van der Waals surface area contributed by atoms with Crippen molar-refractivity contribution in [3.8, 4) is 0 Å². The van der Waals surface area contributed by atoms with Crippen LogP contribution >= 0.6 is 11.6 Å². The molecule has 2 nitrogen and oxygen atoms in total. The Kier molecular flexibility index (Phi) is 4.50. The molecule has 3 unspecified atom stereocenters. The lowest BCUT2D eigenvalue weighted by molar-refractivity contribution is 0.0311. The average molecular weight is 206 g/mol. The minimum absolute atomic E-state index is 0.0949. The number of aliphatic hydroxyl groups is 1. The number of hydrogen-bond donors (Lipinski definition) is 1. The van der Waals surface area contributed by atoms with Crippen molar-refractivity contribution in [2.45, 2.75) is 26.4 Å². The lowest BCUT2D eigenvalue weighted by Crippen LogP contribution is -2.43. The van der Waals surface area contributed by atoms with Crippen molar-refractivity contribution >= 4 is 11.6 Å². The van der Waals surface area contributed by atoms with Crippen molar-refractivity contribution in [3.05, 3.63) is 0 Å². The molecular weight excluding hydrogens is 186 g/mol. The smallest absolute Gasteiger partial charge is 0.0590 e. The number of rotatable bonds is 3. The van der Waals surface area contributed by atoms with E-state index in [-0.39, 0.29) is 6.10 Å². The number of aliphatic hydroxyl groups excluding tert-OH is 1. The summed E-state index contributed by atoms with van der Waals surface area (Å²) in [6.07, 6.45) is 0.818. The average Bonchev–Trinajstić information content (AvgIpc) is 2.11. The maximum atomic E-state index is 9.53. The Morgan fingerprint density at radius 2 is 2.31 bits per heavy atom. The number of alkyl halides is 1. The molecule has 0 spiro atoms. The quantitative estimate of drug-likeness (QED) is 0.708. The van der Waals surface area contributed by atoms with Gasteiger partial charge in [-0.1, -0.05) is 13.8 Å². The molecule has 1 heterocycles. The summed E-state index contributed by atoms with van der Waals surface area (Å²) in [5, 5.41) is 9.53. The molecule has 0 aromatic carbocycles. The largest absolute Gasteiger partial charge is 0.393 e. The molecular formula is C10H20ClNO. The summed E-state index contributed by atoms with van der Waals surface area (Å²) in [5.41, 5.74) is 0. The Morgan fingerprint density at radius 1 is 1.62 bits per heavy atom. The Bertz CT molecular complexity index is 152. The van der Waals surface area contributed by atoms with Gasteiger partial charge in [0, 0.05) is 25.5 Å². The predicted octanol–water partition coefficient (Wildman–Crippen LogP) is 1.56. The first-order valence-corrected chi connectivity index (χ1v) is 5.63. The molecule has 0 aromatic rings. The van der Waals surface area contributed by atoms with Crippen LogP contribution in [0.1, 0.15) is 20.3 Å². The van der Waals surface area contributed by atoms with E-state index in [1.54, 1.807) is 0 Å². The summed E-state index contributed by atoms with van der Waals surface area (Å²) in [6.45, 7) is 7.39. The van der Waals surface area contributed by atoms with Gasteiger partial charge in [-0.15, -0.1) is 11.6 Å². The van der Waals surface area contributed by atoms with Crippen molar-refractivity contribution < 1.29 is 5.11 Å². The van der Waals surface area contributed by atoms with E-state index in [0.717, 1.165) is 31.9 Å². The molecule has 1 aliphatic rings. The first kappa shape index (κ1) is 11.3. The third-order valence-corrected chi connectivity index (χ3v) is 3.30. The lowest BCUT2D eigenvalue weighted by Gasteiger charge is -2.35. The molecule has 0 aromatic heterocycles. The monoisotopic (exact) mass is 205 g/mol. The molecule has 1 N–H and O–H groups in total. The zero-order valence-electron chi connectivity index (χ0n) is 8.54. The molecule has 78 valence electrons. The van der Waals surface area contributed by atoms with E-state index < -0.39 is 0 Å². The maximum Gasteiger partial charge on any atom is 0.0590 e. The van der Waals surface area contributed by atoms with Gasteiger partial charge in [-0.25, -0.2) is 0 Å². The summed E-state index contributed by atoms with van der Waals surface area (Å²) in [4.78, 5) is 2.41. The van der Waals surface area contributed by atoms with Crippen LogP contribution in [0.5, 0.6) is 0 Å². The Labute approximate surface area is 85.9 Å². The fraction of sp³-hybridized carbons (Fsp3) is 1.00. The SMILES string of the molecule is CC(CCl)CN1CCC(O)C(C)C1. The highest BCUT2D eigenvalue weighted by atomic mass is 35.5. The first-order chi connectivity index (χ1) is 6.13. The van der Waals surface area contributed by atoms with Crippen LogP contribution in [0.3, 0.4) is 0 Å². The predicted molar refractivity (Wildman–Crippen MR) is 56.1 cm³/mol. The molecule has 1 fully saturated rings. The van der Waals surface area contributed by atoms with E-state index in [9.17, 15) is 5.11 Å². The van der Waals surface area contributed by atoms with Crippen molar-refractivity contribution in [1.82, 2.24) is 4.90 Å². The van der Waals surface area contributed by atoms with E-state index in [1.807, 2.05) is 0 Å². The Balaban J connectivity index is 2.29. The topological polar surface area (TPSA) is 23.5 Å². The van der Waals surface area contributed by atoms with E-state index in [4.69, 9.17) is 11.6 Å². The highest BCUT2D eigenvalue weighted by Crippen LogP contribution is 2.17. The molecule has 0 saturated carbocycles. The molecule has 3 heteroatoms. The molecule has 1 aliphatic heterocycles. The van der Waals surface area contributed by atoms with Crippen LogP contribution in [0.4, 0.5) is 0 Å². The van der Waals surface area contributed by atoms with Crippen LogP contribution in [0.15, 0.2) is 0 Å². The molecule has 13 heavy (non-hydrogen) atoms. The zero-order valence-corrected chi connectivity index (χ0v) is 9.30. The van der Waals surface area contributed by atoms with Crippen LogP contribution in [0.25, 0.3) is 0 Å². The van der Waals surface area contributed by atoms with Gasteiger partial charge in [-0.3, -0.25) is 0 Å². The van der Waals surface area contributed by atoms with Gasteiger partial charge >= 0.3 is 0 Å². The third kappa shape index (κ3) is 3.45. The lowest BCUT2D eigenvalue weighted by atomic mass is 9.96. The van der Waals surface area contributed by atoms with Gasteiger partial charge in [0.1, 0.15) is 0 Å². The second-order valence-electron chi connectivity index (χ2n) is 4.35. The summed E-state index contributed by atoms with van der Waals surface area (Å²) in [7, 11) is 0. The van der Waals surface area contributed by atoms with Crippen LogP contribution < -0.4 is 0 Å². The molecule has 0 amide bonds. The van der Waals surface area contributed by atoms with E-state index in [2.05, 4.69) is 18.7 Å². The number of piperidine rings is 1. The van der Waals surface area contributed by atoms with Crippen LogP contribution in [-0.4, -0.2) is 41.6 Å². The molecule has 0 bridgehead atoms. The van der Waals surface area contributed by atoms with Gasteiger partial charge in [-0.2, -0.15) is 0 Å². The third-order valence-electron chi connectivity index (χ3n) is 2.78. The Morgan fingerprint density at radius 3 is 2.85 bits per heavy atom. The summed E-state index contributed by atoms with van der Waals surface area (Å²) >= 11 is 5.76. The van der Waals surface area contributed by atoms with Gasteiger partial charge in [0.25, 0.3) is 0 Å². The molecule has 0 aliphatic carbocycles. The fourth-order valence-electron chi connectivity index (χ4n) is 1.87. The van der Waals surface area contributed by atoms with E-state index >= 15 is 0 Å². The minimum Gasteiger partial charge on any atom is -0.393 e. The summed E-state index contributed by atoms with van der Waals surface area (Å²) in [5.74, 6) is 1.70.